The van der Waals surface area contributed by atoms with Crippen molar-refractivity contribution in [2.45, 2.75) is 11.5 Å². The highest BCUT2D eigenvalue weighted by Gasteiger charge is 2.23. The van der Waals surface area contributed by atoms with Gasteiger partial charge in [0.05, 0.1) is 11.5 Å². The van der Waals surface area contributed by atoms with Crippen LogP contribution < -0.4 is 0 Å². The lowest BCUT2D eigenvalue weighted by Crippen LogP contribution is -2.30. The van der Waals surface area contributed by atoms with Gasteiger partial charge in [0.25, 0.3) is 0 Å². The molecule has 102 valence electrons. The average molecular weight is 293 g/mol. The van der Waals surface area contributed by atoms with Crippen molar-refractivity contribution in [3.8, 4) is 0 Å². The number of rotatable bonds is 6. The van der Waals surface area contributed by atoms with E-state index in [4.69, 9.17) is 5.11 Å². The molecule has 0 unspecified atom stereocenters. The molecule has 4 nitrogen and oxygen atoms in total. The molecule has 0 spiro atoms. The van der Waals surface area contributed by atoms with Crippen LogP contribution in [0.4, 0.5) is 4.39 Å². The van der Waals surface area contributed by atoms with Gasteiger partial charge >= 0.3 is 0 Å². The fourth-order valence-corrected chi connectivity index (χ4v) is 3.37. The first-order valence-corrected chi connectivity index (χ1v) is 8.11. The first-order chi connectivity index (χ1) is 8.43. The van der Waals surface area contributed by atoms with Crippen LogP contribution in [0.1, 0.15) is 5.56 Å². The maximum absolute atomic E-state index is 13.2. The van der Waals surface area contributed by atoms with E-state index in [2.05, 4.69) is 0 Å². The quantitative estimate of drug-likeness (QED) is 0.859. The minimum absolute atomic E-state index is 0.173. The lowest BCUT2D eigenvalue weighted by atomic mass is 10.2. The van der Waals surface area contributed by atoms with Crippen molar-refractivity contribution in [1.82, 2.24) is 4.31 Å². The zero-order chi connectivity index (χ0) is 13.8. The van der Waals surface area contributed by atoms with Gasteiger partial charge in [-0.2, -0.15) is 11.8 Å². The predicted octanol–water partition coefficient (Wildman–Crippen LogP) is 1.30. The molecule has 0 saturated heterocycles. The Balaban J connectivity index is 3.14. The number of thioether (sulfide) groups is 1. The maximum Gasteiger partial charge on any atom is 0.243 e. The number of nitrogens with zero attached hydrogens (tertiary/aromatic N) is 1. The number of benzene rings is 1. The standard InChI is InChI=1S/C11H16FNO3S2/c1-13(5-6-17-2)18(15,16)11-7-10(12)4-3-9(11)8-14/h3-4,7,14H,5-6,8H2,1-2H3. The van der Waals surface area contributed by atoms with E-state index in [1.807, 2.05) is 6.26 Å². The fourth-order valence-electron chi connectivity index (χ4n) is 1.41. The highest BCUT2D eigenvalue weighted by atomic mass is 32.2. The van der Waals surface area contributed by atoms with Crippen LogP contribution in [0.3, 0.4) is 0 Å². The summed E-state index contributed by atoms with van der Waals surface area (Å²) in [6, 6.07) is 3.35. The molecule has 0 bridgehead atoms. The van der Waals surface area contributed by atoms with Crippen LogP contribution in [0.25, 0.3) is 0 Å². The normalized spacial score (nSPS) is 12.1. The van der Waals surface area contributed by atoms with Crippen LogP contribution in [0.15, 0.2) is 23.1 Å². The van der Waals surface area contributed by atoms with Crippen LogP contribution >= 0.6 is 11.8 Å². The smallest absolute Gasteiger partial charge is 0.243 e. The molecule has 1 N–H and O–H groups in total. The van der Waals surface area contributed by atoms with Crippen LogP contribution in [0.2, 0.25) is 0 Å². The summed E-state index contributed by atoms with van der Waals surface area (Å²) in [5.74, 6) is 0.0171. The first kappa shape index (κ1) is 15.4. The molecule has 0 aromatic heterocycles. The molecule has 0 aliphatic heterocycles. The molecule has 0 saturated carbocycles. The SMILES string of the molecule is CSCCN(C)S(=O)(=O)c1cc(F)ccc1CO. The Labute approximate surface area is 111 Å². The molecule has 0 aliphatic rings. The van der Waals surface area contributed by atoms with Gasteiger partial charge in [-0.25, -0.2) is 17.1 Å². The van der Waals surface area contributed by atoms with Gasteiger partial charge in [-0.05, 0) is 24.0 Å². The summed E-state index contributed by atoms with van der Waals surface area (Å²) in [6.45, 7) is -0.101. The van der Waals surface area contributed by atoms with Crippen LogP contribution in [-0.4, -0.2) is 43.4 Å². The summed E-state index contributed by atoms with van der Waals surface area (Å²) in [5, 5.41) is 9.12. The van der Waals surface area contributed by atoms with Gasteiger partial charge in [0.15, 0.2) is 0 Å². The van der Waals surface area contributed by atoms with Crippen molar-refractivity contribution in [1.29, 1.82) is 0 Å². The summed E-state index contributed by atoms with van der Waals surface area (Å²) in [7, 11) is -2.31. The van der Waals surface area contributed by atoms with Gasteiger partial charge in [0.1, 0.15) is 5.82 Å². The van der Waals surface area contributed by atoms with Crippen molar-refractivity contribution in [2.75, 3.05) is 25.6 Å². The molecule has 0 heterocycles. The van der Waals surface area contributed by atoms with Gasteiger partial charge in [0.2, 0.25) is 10.0 Å². The van der Waals surface area contributed by atoms with Crippen molar-refractivity contribution in [3.63, 3.8) is 0 Å². The van der Waals surface area contributed by atoms with Gasteiger partial charge in [0, 0.05) is 19.3 Å². The molecule has 0 aliphatic carbocycles. The lowest BCUT2D eigenvalue weighted by molar-refractivity contribution is 0.278. The second-order valence-electron chi connectivity index (χ2n) is 3.73. The predicted molar refractivity (Wildman–Crippen MR) is 70.5 cm³/mol. The molecule has 7 heteroatoms. The molecule has 0 atom stereocenters. The van der Waals surface area contributed by atoms with E-state index >= 15 is 0 Å². The summed E-state index contributed by atoms with van der Waals surface area (Å²) in [6.07, 6.45) is 1.88. The third-order valence-corrected chi connectivity index (χ3v) is 5.03. The molecule has 1 aromatic rings. The zero-order valence-electron chi connectivity index (χ0n) is 10.3. The molecular formula is C11H16FNO3S2. The van der Waals surface area contributed by atoms with E-state index in [0.717, 1.165) is 16.4 Å². The Morgan fingerprint density at radius 3 is 2.67 bits per heavy atom. The monoisotopic (exact) mass is 293 g/mol. The van der Waals surface area contributed by atoms with E-state index in [0.29, 0.717) is 12.3 Å². The number of hydrogen-bond acceptors (Lipinski definition) is 4. The second kappa shape index (κ2) is 6.51. The van der Waals surface area contributed by atoms with E-state index in [1.165, 1.54) is 24.9 Å². The van der Waals surface area contributed by atoms with Gasteiger partial charge in [-0.3, -0.25) is 0 Å². The summed E-state index contributed by atoms with van der Waals surface area (Å²) >= 11 is 1.52. The summed E-state index contributed by atoms with van der Waals surface area (Å²) in [5.41, 5.74) is 0.201. The lowest BCUT2D eigenvalue weighted by Gasteiger charge is -2.18. The molecule has 1 rings (SSSR count). The molecule has 0 radical (unpaired) electrons. The summed E-state index contributed by atoms with van der Waals surface area (Å²) < 4.78 is 38.7. The topological polar surface area (TPSA) is 57.6 Å². The van der Waals surface area contributed by atoms with E-state index in [1.54, 1.807) is 0 Å². The number of halogens is 1. The second-order valence-corrected chi connectivity index (χ2v) is 6.73. The highest BCUT2D eigenvalue weighted by molar-refractivity contribution is 7.98. The highest BCUT2D eigenvalue weighted by Crippen LogP contribution is 2.21. The number of aliphatic hydroxyl groups is 1. The van der Waals surface area contributed by atoms with Gasteiger partial charge in [-0.15, -0.1) is 0 Å². The Kier molecular flexibility index (Phi) is 5.58. The Hall–Kier alpha value is -0.630. The minimum Gasteiger partial charge on any atom is -0.392 e. The largest absolute Gasteiger partial charge is 0.392 e. The molecule has 0 fully saturated rings. The number of sulfonamides is 1. The molecule has 0 amide bonds. The van der Waals surface area contributed by atoms with Crippen molar-refractivity contribution in [2.24, 2.45) is 0 Å². The fraction of sp³-hybridized carbons (Fsp3) is 0.455. The minimum atomic E-state index is -3.76. The van der Waals surface area contributed by atoms with Crippen molar-refractivity contribution < 1.29 is 17.9 Å². The van der Waals surface area contributed by atoms with Crippen LogP contribution in [0.5, 0.6) is 0 Å². The zero-order valence-corrected chi connectivity index (χ0v) is 11.9. The Bertz CT molecular complexity index is 505. The number of aliphatic hydroxyl groups excluding tert-OH is 1. The third kappa shape index (κ3) is 3.44. The van der Waals surface area contributed by atoms with Crippen molar-refractivity contribution >= 4 is 21.8 Å². The molecule has 18 heavy (non-hydrogen) atoms. The number of hydrogen-bond donors (Lipinski definition) is 1. The van der Waals surface area contributed by atoms with Crippen LogP contribution in [-0.2, 0) is 16.6 Å². The average Bonchev–Trinajstić information content (AvgIpc) is 2.35. The van der Waals surface area contributed by atoms with E-state index < -0.39 is 22.4 Å². The van der Waals surface area contributed by atoms with Gasteiger partial charge < -0.3 is 5.11 Å². The van der Waals surface area contributed by atoms with E-state index in [9.17, 15) is 12.8 Å². The van der Waals surface area contributed by atoms with E-state index in [-0.39, 0.29) is 10.5 Å². The molecular weight excluding hydrogens is 277 g/mol. The maximum atomic E-state index is 13.2. The van der Waals surface area contributed by atoms with Crippen molar-refractivity contribution in [3.05, 3.63) is 29.6 Å². The molecule has 1 aromatic carbocycles. The van der Waals surface area contributed by atoms with Gasteiger partial charge in [-0.1, -0.05) is 6.07 Å². The third-order valence-electron chi connectivity index (χ3n) is 2.50. The Morgan fingerprint density at radius 1 is 1.44 bits per heavy atom. The summed E-state index contributed by atoms with van der Waals surface area (Å²) in [4.78, 5) is -0.173. The first-order valence-electron chi connectivity index (χ1n) is 5.28. The van der Waals surface area contributed by atoms with Crippen LogP contribution in [0, 0.1) is 5.82 Å². The Morgan fingerprint density at radius 2 is 2.11 bits per heavy atom.